The molecule has 0 saturated carbocycles. The Bertz CT molecular complexity index is 607. The van der Waals surface area contributed by atoms with Gasteiger partial charge in [0, 0.05) is 45.0 Å². The van der Waals surface area contributed by atoms with E-state index in [-0.39, 0.29) is 5.91 Å². The Labute approximate surface area is 129 Å². The van der Waals surface area contributed by atoms with Crippen molar-refractivity contribution in [2.75, 3.05) is 19.6 Å². The maximum atomic E-state index is 11.8. The molecule has 1 amide bonds. The van der Waals surface area contributed by atoms with E-state index in [1.165, 1.54) is 0 Å². The summed E-state index contributed by atoms with van der Waals surface area (Å²) < 4.78 is 1.90. The third-order valence-electron chi connectivity index (χ3n) is 3.40. The highest BCUT2D eigenvalue weighted by atomic mass is 35.5. The highest BCUT2D eigenvalue weighted by Gasteiger charge is 2.08. The summed E-state index contributed by atoms with van der Waals surface area (Å²) in [4.78, 5) is 18.2. The first kappa shape index (κ1) is 15.8. The average molecular weight is 309 g/mol. The maximum absolute atomic E-state index is 11.8. The van der Waals surface area contributed by atoms with Crippen molar-refractivity contribution in [3.05, 3.63) is 35.2 Å². The van der Waals surface area contributed by atoms with Crippen molar-refractivity contribution in [2.24, 2.45) is 0 Å². The second-order valence-corrected chi connectivity index (χ2v) is 5.27. The van der Waals surface area contributed by atoms with Gasteiger partial charge in [-0.3, -0.25) is 4.79 Å². The van der Waals surface area contributed by atoms with Crippen molar-refractivity contribution in [3.8, 4) is 0 Å². The minimum Gasteiger partial charge on any atom is -0.343 e. The van der Waals surface area contributed by atoms with Gasteiger partial charge in [0.25, 0.3) is 0 Å². The first-order valence-electron chi connectivity index (χ1n) is 7.25. The zero-order chi connectivity index (χ0) is 15.2. The van der Waals surface area contributed by atoms with Gasteiger partial charge >= 0.3 is 0 Å². The summed E-state index contributed by atoms with van der Waals surface area (Å²) >= 11 is 5.94. The van der Waals surface area contributed by atoms with Gasteiger partial charge in [0.2, 0.25) is 5.91 Å². The van der Waals surface area contributed by atoms with E-state index >= 15 is 0 Å². The predicted molar refractivity (Wildman–Crippen MR) is 84.5 cm³/mol. The normalized spacial score (nSPS) is 11.0. The van der Waals surface area contributed by atoms with E-state index < -0.39 is 0 Å². The molecule has 0 aliphatic rings. The number of pyridine rings is 1. The van der Waals surface area contributed by atoms with Crippen LogP contribution in [-0.4, -0.2) is 39.8 Å². The van der Waals surface area contributed by atoms with Crippen molar-refractivity contribution in [1.82, 2.24) is 19.6 Å². The Morgan fingerprint density at radius 2 is 2.10 bits per heavy atom. The van der Waals surface area contributed by atoms with E-state index in [1.54, 1.807) is 0 Å². The van der Waals surface area contributed by atoms with Gasteiger partial charge in [0.05, 0.1) is 10.7 Å². The van der Waals surface area contributed by atoms with E-state index in [9.17, 15) is 4.79 Å². The highest BCUT2D eigenvalue weighted by Crippen LogP contribution is 2.11. The minimum absolute atomic E-state index is 0.189. The molecule has 114 valence electrons. The second-order valence-electron chi connectivity index (χ2n) is 4.84. The van der Waals surface area contributed by atoms with Crippen LogP contribution in [0.25, 0.3) is 5.65 Å². The Balaban J connectivity index is 1.81. The molecule has 21 heavy (non-hydrogen) atoms. The van der Waals surface area contributed by atoms with Gasteiger partial charge in [-0.25, -0.2) is 4.98 Å². The first-order chi connectivity index (χ1) is 10.1. The number of imidazole rings is 1. The Hall–Kier alpha value is -1.59. The quantitative estimate of drug-likeness (QED) is 0.799. The van der Waals surface area contributed by atoms with Crippen LogP contribution in [0.2, 0.25) is 5.02 Å². The largest absolute Gasteiger partial charge is 0.343 e. The van der Waals surface area contributed by atoms with Gasteiger partial charge in [-0.2, -0.15) is 0 Å². The zero-order valence-electron chi connectivity index (χ0n) is 12.5. The summed E-state index contributed by atoms with van der Waals surface area (Å²) in [6.45, 7) is 6.83. The third kappa shape index (κ3) is 4.19. The topological polar surface area (TPSA) is 49.6 Å². The number of nitrogens with zero attached hydrogens (tertiary/aromatic N) is 3. The summed E-state index contributed by atoms with van der Waals surface area (Å²) in [5, 5.41) is 3.94. The molecule has 0 aliphatic carbocycles. The molecule has 2 aromatic heterocycles. The van der Waals surface area contributed by atoms with E-state index in [1.807, 2.05) is 47.7 Å². The molecule has 6 heteroatoms. The molecule has 0 atom stereocenters. The summed E-state index contributed by atoms with van der Waals surface area (Å²) in [5.41, 5.74) is 1.81. The van der Waals surface area contributed by atoms with Crippen molar-refractivity contribution in [2.45, 2.75) is 26.8 Å². The van der Waals surface area contributed by atoms with Gasteiger partial charge < -0.3 is 14.6 Å². The lowest BCUT2D eigenvalue weighted by Crippen LogP contribution is -2.32. The van der Waals surface area contributed by atoms with E-state index in [0.29, 0.717) is 24.5 Å². The fraction of sp³-hybridized carbons (Fsp3) is 0.467. The van der Waals surface area contributed by atoms with Gasteiger partial charge in [0.15, 0.2) is 0 Å². The van der Waals surface area contributed by atoms with E-state index in [2.05, 4.69) is 10.3 Å². The van der Waals surface area contributed by atoms with Crippen LogP contribution in [0, 0.1) is 0 Å². The van der Waals surface area contributed by atoms with Crippen LogP contribution < -0.4 is 5.32 Å². The molecule has 2 aromatic rings. The number of rotatable bonds is 7. The van der Waals surface area contributed by atoms with Crippen molar-refractivity contribution < 1.29 is 4.79 Å². The van der Waals surface area contributed by atoms with Crippen LogP contribution in [0.15, 0.2) is 24.5 Å². The van der Waals surface area contributed by atoms with Gasteiger partial charge in [-0.1, -0.05) is 11.6 Å². The number of fused-ring (bicyclic) bond motifs is 1. The minimum atomic E-state index is 0.189. The molecule has 1 N–H and O–H groups in total. The molecule has 0 bridgehead atoms. The van der Waals surface area contributed by atoms with Gasteiger partial charge in [-0.05, 0) is 26.0 Å². The number of amides is 1. The Morgan fingerprint density at radius 3 is 2.81 bits per heavy atom. The van der Waals surface area contributed by atoms with Crippen LogP contribution >= 0.6 is 11.6 Å². The average Bonchev–Trinajstić information content (AvgIpc) is 2.86. The molecule has 0 aliphatic heterocycles. The summed E-state index contributed by atoms with van der Waals surface area (Å²) in [7, 11) is 0. The highest BCUT2D eigenvalue weighted by molar-refractivity contribution is 6.30. The van der Waals surface area contributed by atoms with Gasteiger partial charge in [-0.15, -0.1) is 0 Å². The Kier molecular flexibility index (Phi) is 5.59. The standard InChI is InChI=1S/C15H21ClN4O/c1-3-19(4-2)15(21)7-8-17-9-13-11-20-10-12(16)5-6-14(20)18-13/h5-6,10-11,17H,3-4,7-9H2,1-2H3. The summed E-state index contributed by atoms with van der Waals surface area (Å²) in [6, 6.07) is 3.71. The van der Waals surface area contributed by atoms with Crippen molar-refractivity contribution in [1.29, 1.82) is 0 Å². The summed E-state index contributed by atoms with van der Waals surface area (Å²) in [6.07, 6.45) is 4.29. The smallest absolute Gasteiger partial charge is 0.223 e. The molecule has 0 aromatic carbocycles. The number of aromatic nitrogens is 2. The number of halogens is 1. The molecule has 0 unspecified atom stereocenters. The summed E-state index contributed by atoms with van der Waals surface area (Å²) in [5.74, 6) is 0.189. The van der Waals surface area contributed by atoms with Crippen molar-refractivity contribution in [3.63, 3.8) is 0 Å². The third-order valence-corrected chi connectivity index (χ3v) is 3.63. The SMILES string of the molecule is CCN(CC)C(=O)CCNCc1cn2cc(Cl)ccc2n1. The molecule has 0 saturated heterocycles. The maximum Gasteiger partial charge on any atom is 0.223 e. The van der Waals surface area contributed by atoms with Gasteiger partial charge in [0.1, 0.15) is 5.65 Å². The van der Waals surface area contributed by atoms with E-state index in [4.69, 9.17) is 11.6 Å². The zero-order valence-corrected chi connectivity index (χ0v) is 13.2. The lowest BCUT2D eigenvalue weighted by atomic mass is 10.3. The monoisotopic (exact) mass is 308 g/mol. The lowest BCUT2D eigenvalue weighted by molar-refractivity contribution is -0.130. The first-order valence-corrected chi connectivity index (χ1v) is 7.63. The number of nitrogens with one attached hydrogen (secondary N) is 1. The molecular weight excluding hydrogens is 288 g/mol. The second kappa shape index (κ2) is 7.43. The number of carbonyl (C=O) groups excluding carboxylic acids is 1. The van der Waals surface area contributed by atoms with E-state index in [0.717, 1.165) is 24.4 Å². The van der Waals surface area contributed by atoms with Crippen LogP contribution in [-0.2, 0) is 11.3 Å². The Morgan fingerprint density at radius 1 is 1.33 bits per heavy atom. The molecule has 0 spiro atoms. The fourth-order valence-electron chi connectivity index (χ4n) is 2.25. The number of hydrogen-bond acceptors (Lipinski definition) is 3. The molecule has 0 radical (unpaired) electrons. The van der Waals surface area contributed by atoms with Crippen LogP contribution in [0.3, 0.4) is 0 Å². The fourth-order valence-corrected chi connectivity index (χ4v) is 2.42. The number of carbonyl (C=O) groups is 1. The molecular formula is C15H21ClN4O. The molecule has 2 rings (SSSR count). The van der Waals surface area contributed by atoms with Crippen LogP contribution in [0.4, 0.5) is 0 Å². The molecule has 2 heterocycles. The molecule has 5 nitrogen and oxygen atoms in total. The lowest BCUT2D eigenvalue weighted by Gasteiger charge is -2.18. The van der Waals surface area contributed by atoms with Crippen LogP contribution in [0.5, 0.6) is 0 Å². The predicted octanol–water partition coefficient (Wildman–Crippen LogP) is 2.34. The van der Waals surface area contributed by atoms with Crippen LogP contribution in [0.1, 0.15) is 26.0 Å². The number of hydrogen-bond donors (Lipinski definition) is 1. The molecule has 0 fully saturated rings. The van der Waals surface area contributed by atoms with Crippen molar-refractivity contribution >= 4 is 23.2 Å².